The predicted octanol–water partition coefficient (Wildman–Crippen LogP) is 3.19. The normalized spacial score (nSPS) is 26.2. The van der Waals surface area contributed by atoms with Crippen molar-refractivity contribution in [3.8, 4) is 0 Å². The van der Waals surface area contributed by atoms with Crippen LogP contribution in [0.1, 0.15) is 45.7 Å². The Bertz CT molecular complexity index is 716. The molecule has 0 radical (unpaired) electrons. The maximum absolute atomic E-state index is 12.9. The number of nitrogens with zero attached hydrogens (tertiary/aromatic N) is 2. The fourth-order valence-electron chi connectivity index (χ4n) is 4.43. The quantitative estimate of drug-likeness (QED) is 0.817. The number of amides is 1. The Morgan fingerprint density at radius 1 is 1.29 bits per heavy atom. The second-order valence-corrected chi connectivity index (χ2v) is 9.27. The molecule has 5 nitrogen and oxygen atoms in total. The van der Waals surface area contributed by atoms with Crippen LogP contribution in [0.3, 0.4) is 0 Å². The molecule has 1 saturated carbocycles. The average Bonchev–Trinajstić information content (AvgIpc) is 3.14. The van der Waals surface area contributed by atoms with E-state index in [1.165, 1.54) is 6.07 Å². The first-order valence-corrected chi connectivity index (χ1v) is 9.79. The van der Waals surface area contributed by atoms with Gasteiger partial charge in [-0.1, -0.05) is 26.8 Å². The van der Waals surface area contributed by atoms with Crippen LogP contribution < -0.4 is 16.0 Å². The van der Waals surface area contributed by atoms with Crippen LogP contribution in [0.4, 0.5) is 19.0 Å². The number of aromatic nitrogens is 1. The molecule has 28 heavy (non-hydrogen) atoms. The van der Waals surface area contributed by atoms with Gasteiger partial charge in [0.1, 0.15) is 11.5 Å². The van der Waals surface area contributed by atoms with Crippen LogP contribution in [0.25, 0.3) is 0 Å². The fraction of sp³-hybridized carbons (Fsp3) is 0.700. The third-order valence-electron chi connectivity index (χ3n) is 5.70. The Hall–Kier alpha value is -1.83. The minimum Gasteiger partial charge on any atom is -0.356 e. The summed E-state index contributed by atoms with van der Waals surface area (Å²) in [6.07, 6.45) is -2.03. The highest BCUT2D eigenvalue weighted by Crippen LogP contribution is 2.40. The number of nitrogens with two attached hydrogens (primary N) is 1. The molecule has 0 spiro atoms. The topological polar surface area (TPSA) is 71.2 Å². The first-order valence-electron chi connectivity index (χ1n) is 9.79. The smallest absolute Gasteiger partial charge is 0.356 e. The molecule has 1 aromatic rings. The number of anilines is 1. The van der Waals surface area contributed by atoms with Crippen molar-refractivity contribution < 1.29 is 18.0 Å². The maximum Gasteiger partial charge on any atom is 0.433 e. The predicted molar refractivity (Wildman–Crippen MR) is 102 cm³/mol. The monoisotopic (exact) mass is 398 g/mol. The molecule has 1 saturated heterocycles. The van der Waals surface area contributed by atoms with E-state index in [-0.39, 0.29) is 23.3 Å². The van der Waals surface area contributed by atoms with Crippen molar-refractivity contribution in [1.82, 2.24) is 10.3 Å². The van der Waals surface area contributed by atoms with E-state index in [1.54, 1.807) is 6.07 Å². The number of fused-ring (bicyclic) bond motifs is 1. The Morgan fingerprint density at radius 2 is 2.00 bits per heavy atom. The molecule has 0 unspecified atom stereocenters. The van der Waals surface area contributed by atoms with Gasteiger partial charge < -0.3 is 16.0 Å². The van der Waals surface area contributed by atoms with Gasteiger partial charge in [0.15, 0.2) is 0 Å². The van der Waals surface area contributed by atoms with Crippen molar-refractivity contribution >= 4 is 11.7 Å². The number of nitrogens with one attached hydrogen (secondary N) is 1. The second kappa shape index (κ2) is 7.54. The summed E-state index contributed by atoms with van der Waals surface area (Å²) < 4.78 is 38.8. The number of hydrogen-bond donors (Lipinski definition) is 2. The largest absolute Gasteiger partial charge is 0.433 e. The van der Waals surface area contributed by atoms with Gasteiger partial charge in [-0.3, -0.25) is 4.79 Å². The zero-order valence-electron chi connectivity index (χ0n) is 16.6. The van der Waals surface area contributed by atoms with E-state index >= 15 is 0 Å². The second-order valence-electron chi connectivity index (χ2n) is 9.27. The molecule has 2 fully saturated rings. The van der Waals surface area contributed by atoms with Gasteiger partial charge in [-0.05, 0) is 42.7 Å². The molecule has 156 valence electrons. The van der Waals surface area contributed by atoms with Gasteiger partial charge in [-0.2, -0.15) is 13.2 Å². The van der Waals surface area contributed by atoms with Crippen molar-refractivity contribution in [3.63, 3.8) is 0 Å². The third kappa shape index (κ3) is 4.77. The summed E-state index contributed by atoms with van der Waals surface area (Å²) in [5.74, 6) is 0.762. The van der Waals surface area contributed by atoms with Crippen LogP contribution in [0.15, 0.2) is 18.2 Å². The number of pyridine rings is 1. The van der Waals surface area contributed by atoms with E-state index < -0.39 is 17.9 Å². The molecule has 1 amide bonds. The summed E-state index contributed by atoms with van der Waals surface area (Å²) in [5, 5.41) is 3.09. The average molecular weight is 398 g/mol. The van der Waals surface area contributed by atoms with Gasteiger partial charge in [0.25, 0.3) is 0 Å². The minimum absolute atomic E-state index is 0.0133. The minimum atomic E-state index is -4.45. The van der Waals surface area contributed by atoms with Crippen molar-refractivity contribution in [2.24, 2.45) is 23.0 Å². The third-order valence-corrected chi connectivity index (χ3v) is 5.70. The standard InChI is InChI=1S/C20H29F3N4O/c1-19(2,3)9-14(24)18(28)25-15-8-7-12-10-27(11-13(12)15)17-6-4-5-16(26-17)20(21,22)23/h4-6,12-15H,7-11,24H2,1-3H3,(H,25,28)/t12-,13+,14+,15+/m1/s1. The molecular weight excluding hydrogens is 369 g/mol. The zero-order chi connectivity index (χ0) is 20.7. The lowest BCUT2D eigenvalue weighted by Gasteiger charge is -2.26. The summed E-state index contributed by atoms with van der Waals surface area (Å²) in [6, 6.07) is 3.45. The molecule has 3 N–H and O–H groups in total. The number of carbonyl (C=O) groups is 1. The molecule has 2 aliphatic rings. The highest BCUT2D eigenvalue weighted by atomic mass is 19.4. The van der Waals surface area contributed by atoms with Crippen molar-refractivity contribution in [2.45, 2.75) is 58.3 Å². The van der Waals surface area contributed by atoms with Crippen LogP contribution in [-0.4, -0.2) is 36.1 Å². The Morgan fingerprint density at radius 3 is 2.64 bits per heavy atom. The molecule has 0 aromatic carbocycles. The number of carbonyl (C=O) groups excluding carboxylic acids is 1. The summed E-state index contributed by atoms with van der Waals surface area (Å²) in [4.78, 5) is 18.2. The molecule has 2 heterocycles. The summed E-state index contributed by atoms with van der Waals surface area (Å²) in [5.41, 5.74) is 5.15. The summed E-state index contributed by atoms with van der Waals surface area (Å²) in [6.45, 7) is 7.39. The van der Waals surface area contributed by atoms with Crippen LogP contribution in [-0.2, 0) is 11.0 Å². The Balaban J connectivity index is 1.63. The Labute approximate surface area is 163 Å². The van der Waals surface area contributed by atoms with E-state index in [0.29, 0.717) is 31.2 Å². The van der Waals surface area contributed by atoms with E-state index in [0.717, 1.165) is 18.9 Å². The zero-order valence-corrected chi connectivity index (χ0v) is 16.6. The molecule has 3 rings (SSSR count). The van der Waals surface area contributed by atoms with E-state index in [1.807, 2.05) is 25.7 Å². The lowest BCUT2D eigenvalue weighted by Crippen LogP contribution is -2.48. The number of rotatable bonds is 4. The van der Waals surface area contributed by atoms with E-state index in [4.69, 9.17) is 5.73 Å². The molecule has 8 heteroatoms. The first kappa shape index (κ1) is 20.9. The molecule has 1 aliphatic heterocycles. The molecule has 0 bridgehead atoms. The van der Waals surface area contributed by atoms with Crippen molar-refractivity contribution in [2.75, 3.05) is 18.0 Å². The van der Waals surface area contributed by atoms with Gasteiger partial charge >= 0.3 is 6.18 Å². The molecule has 1 aromatic heterocycles. The van der Waals surface area contributed by atoms with Crippen LogP contribution in [0, 0.1) is 17.3 Å². The Kier molecular flexibility index (Phi) is 5.62. The SMILES string of the molecule is CC(C)(C)C[C@H](N)C(=O)N[C@H]1CC[C@@H]2CN(c3cccc(C(F)(F)F)n3)C[C@@H]21. The highest BCUT2D eigenvalue weighted by molar-refractivity contribution is 5.81. The lowest BCUT2D eigenvalue weighted by atomic mass is 9.88. The molecule has 4 atom stereocenters. The van der Waals surface area contributed by atoms with Crippen LogP contribution in [0.5, 0.6) is 0 Å². The van der Waals surface area contributed by atoms with Crippen LogP contribution in [0.2, 0.25) is 0 Å². The van der Waals surface area contributed by atoms with Crippen molar-refractivity contribution in [1.29, 1.82) is 0 Å². The molecular formula is C20H29F3N4O. The maximum atomic E-state index is 12.9. The number of alkyl halides is 3. The summed E-state index contributed by atoms with van der Waals surface area (Å²) >= 11 is 0. The number of halogens is 3. The fourth-order valence-corrected chi connectivity index (χ4v) is 4.43. The van der Waals surface area contributed by atoms with Crippen LogP contribution >= 0.6 is 0 Å². The van der Waals surface area contributed by atoms with Gasteiger partial charge in [0, 0.05) is 25.0 Å². The van der Waals surface area contributed by atoms with Gasteiger partial charge in [-0.25, -0.2) is 4.98 Å². The van der Waals surface area contributed by atoms with E-state index in [9.17, 15) is 18.0 Å². The first-order chi connectivity index (χ1) is 12.9. The van der Waals surface area contributed by atoms with Gasteiger partial charge in [0.05, 0.1) is 6.04 Å². The summed E-state index contributed by atoms with van der Waals surface area (Å²) in [7, 11) is 0. The molecule has 1 aliphatic carbocycles. The number of hydrogen-bond acceptors (Lipinski definition) is 4. The lowest BCUT2D eigenvalue weighted by molar-refractivity contribution is -0.141. The van der Waals surface area contributed by atoms with Gasteiger partial charge in [0.2, 0.25) is 5.91 Å². The van der Waals surface area contributed by atoms with Gasteiger partial charge in [-0.15, -0.1) is 0 Å². The van der Waals surface area contributed by atoms with Crippen molar-refractivity contribution in [3.05, 3.63) is 23.9 Å². The van der Waals surface area contributed by atoms with E-state index in [2.05, 4.69) is 10.3 Å². The highest BCUT2D eigenvalue weighted by Gasteiger charge is 2.44.